The number of Topliss-reactive ketones (excluding diaryl/α,β-unsaturated/α-hetero) is 1. The lowest BCUT2D eigenvalue weighted by atomic mass is 9.90. The number of aliphatic hydroxyl groups is 1. The molecule has 10 heteroatoms. The fraction of sp³-hybridized carbons (Fsp3) is 0.433. The predicted molar refractivity (Wildman–Crippen MR) is 148 cm³/mol. The Hall–Kier alpha value is -3.76. The minimum Gasteiger partial charge on any atom is -0.496 e. The summed E-state index contributed by atoms with van der Waals surface area (Å²) in [6, 6.07) is 9.89. The number of hydrogen-bond donors (Lipinski definition) is 2. The second kappa shape index (κ2) is 11.8. The van der Waals surface area contributed by atoms with Gasteiger partial charge in [-0.25, -0.2) is 4.39 Å². The third-order valence-electron chi connectivity index (χ3n) is 8.14. The van der Waals surface area contributed by atoms with Crippen molar-refractivity contribution in [2.24, 2.45) is 5.92 Å². The Morgan fingerprint density at radius 1 is 1.00 bits per heavy atom. The first-order valence-electron chi connectivity index (χ1n) is 13.7. The van der Waals surface area contributed by atoms with Crippen LogP contribution in [-0.4, -0.2) is 95.0 Å². The topological polar surface area (TPSA) is 106 Å². The number of aromatic amines is 1. The molecule has 1 unspecified atom stereocenters. The van der Waals surface area contributed by atoms with Crippen LogP contribution in [0.4, 0.5) is 4.39 Å². The van der Waals surface area contributed by atoms with Crippen LogP contribution >= 0.6 is 0 Å². The zero-order chi connectivity index (χ0) is 28.4. The maximum atomic E-state index is 13.6. The molecule has 0 spiro atoms. The van der Waals surface area contributed by atoms with Gasteiger partial charge in [0.25, 0.3) is 17.6 Å². The molecule has 1 aromatic heterocycles. The highest BCUT2D eigenvalue weighted by Crippen LogP contribution is 2.31. The summed E-state index contributed by atoms with van der Waals surface area (Å²) in [6.07, 6.45) is 3.41. The van der Waals surface area contributed by atoms with E-state index in [2.05, 4.69) is 4.98 Å². The molecule has 2 aromatic carbocycles. The minimum absolute atomic E-state index is 0.181. The number of piperidine rings is 1. The molecule has 0 aliphatic carbocycles. The molecule has 0 bridgehead atoms. The van der Waals surface area contributed by atoms with Crippen LogP contribution in [0.25, 0.3) is 10.9 Å². The Morgan fingerprint density at radius 3 is 2.30 bits per heavy atom. The Balaban J connectivity index is 1.29. The average Bonchev–Trinajstić information content (AvgIpc) is 3.39. The molecule has 2 saturated heterocycles. The van der Waals surface area contributed by atoms with Gasteiger partial charge in [-0.1, -0.05) is 12.1 Å². The monoisotopic (exact) mass is 550 g/mol. The number of fused-ring (bicyclic) bond motifs is 1. The Labute approximate surface area is 232 Å². The van der Waals surface area contributed by atoms with Gasteiger partial charge >= 0.3 is 0 Å². The smallest absolute Gasteiger partial charge is 0.295 e. The van der Waals surface area contributed by atoms with Gasteiger partial charge in [0.15, 0.2) is 0 Å². The number of likely N-dealkylation sites (tertiary alicyclic amines) is 1. The SMILES string of the molecule is COc1cc2[nH]cc(C(=O)C(=O)N3CCN(C(C)O)CC3)c2cc1C(=O)N1CCC(Cc2ccc(F)cc2)CC1. The number of methoxy groups -OCH3 is 1. The molecule has 5 rings (SSSR count). The van der Waals surface area contributed by atoms with Crippen LogP contribution in [0.15, 0.2) is 42.6 Å². The van der Waals surface area contributed by atoms with Crippen molar-refractivity contribution in [1.82, 2.24) is 19.7 Å². The third kappa shape index (κ3) is 5.73. The molecule has 1 atom stereocenters. The van der Waals surface area contributed by atoms with Gasteiger partial charge < -0.3 is 24.6 Å². The maximum absolute atomic E-state index is 13.6. The van der Waals surface area contributed by atoms with E-state index in [0.717, 1.165) is 24.8 Å². The summed E-state index contributed by atoms with van der Waals surface area (Å²) in [6.45, 7) is 4.53. The molecule has 3 aromatic rings. The van der Waals surface area contributed by atoms with Crippen molar-refractivity contribution in [3.05, 3.63) is 65.1 Å². The number of ketones is 1. The zero-order valence-electron chi connectivity index (χ0n) is 22.9. The van der Waals surface area contributed by atoms with Crippen molar-refractivity contribution in [2.75, 3.05) is 46.4 Å². The first-order valence-corrected chi connectivity index (χ1v) is 13.7. The normalized spacial score (nSPS) is 17.7. The second-order valence-electron chi connectivity index (χ2n) is 10.7. The van der Waals surface area contributed by atoms with Crippen LogP contribution in [0, 0.1) is 11.7 Å². The molecule has 9 nitrogen and oxygen atoms in total. The fourth-order valence-electron chi connectivity index (χ4n) is 5.70. The van der Waals surface area contributed by atoms with E-state index >= 15 is 0 Å². The number of aromatic nitrogens is 1. The van der Waals surface area contributed by atoms with Gasteiger partial charge in [-0.05, 0) is 55.9 Å². The van der Waals surface area contributed by atoms with Crippen LogP contribution < -0.4 is 4.74 Å². The highest BCUT2D eigenvalue weighted by atomic mass is 19.1. The van der Waals surface area contributed by atoms with Gasteiger partial charge in [-0.3, -0.25) is 19.3 Å². The highest BCUT2D eigenvalue weighted by molar-refractivity contribution is 6.45. The lowest BCUT2D eigenvalue weighted by molar-refractivity contribution is -0.129. The first kappa shape index (κ1) is 27.8. The molecule has 0 saturated carbocycles. The number of carbonyl (C=O) groups is 3. The fourth-order valence-corrected chi connectivity index (χ4v) is 5.70. The Kier molecular flexibility index (Phi) is 8.18. The van der Waals surface area contributed by atoms with Crippen LogP contribution in [0.5, 0.6) is 5.75 Å². The number of rotatable bonds is 7. The van der Waals surface area contributed by atoms with E-state index in [1.165, 1.54) is 30.3 Å². The summed E-state index contributed by atoms with van der Waals surface area (Å²) < 4.78 is 18.8. The minimum atomic E-state index is -0.637. The summed E-state index contributed by atoms with van der Waals surface area (Å²) >= 11 is 0. The van der Waals surface area contributed by atoms with Crippen LogP contribution in [0.3, 0.4) is 0 Å². The number of piperazine rings is 1. The lowest BCUT2D eigenvalue weighted by Gasteiger charge is -2.35. The number of hydrogen-bond acceptors (Lipinski definition) is 6. The molecule has 2 amide bonds. The quantitative estimate of drug-likeness (QED) is 0.346. The Morgan fingerprint density at radius 2 is 1.68 bits per heavy atom. The molecule has 212 valence electrons. The molecule has 0 radical (unpaired) electrons. The lowest BCUT2D eigenvalue weighted by Crippen LogP contribution is -2.52. The summed E-state index contributed by atoms with van der Waals surface area (Å²) in [5.41, 5.74) is 2.25. The van der Waals surface area contributed by atoms with Crippen molar-refractivity contribution in [3.8, 4) is 5.75 Å². The number of carbonyl (C=O) groups excluding carboxylic acids is 3. The van der Waals surface area contributed by atoms with Gasteiger partial charge in [0, 0.05) is 62.4 Å². The van der Waals surface area contributed by atoms with E-state index in [1.807, 2.05) is 17.0 Å². The predicted octanol–water partition coefficient (Wildman–Crippen LogP) is 3.08. The first-order chi connectivity index (χ1) is 19.2. The molecule has 2 aliphatic heterocycles. The van der Waals surface area contributed by atoms with Gasteiger partial charge in [-0.15, -0.1) is 0 Å². The second-order valence-corrected chi connectivity index (χ2v) is 10.7. The van der Waals surface area contributed by atoms with Gasteiger partial charge in [-0.2, -0.15) is 0 Å². The molecule has 3 heterocycles. The van der Waals surface area contributed by atoms with Crippen molar-refractivity contribution >= 4 is 28.5 Å². The number of nitrogens with one attached hydrogen (secondary N) is 1. The molecule has 2 N–H and O–H groups in total. The van der Waals surface area contributed by atoms with Crippen LogP contribution in [0.2, 0.25) is 0 Å². The molecular weight excluding hydrogens is 515 g/mol. The van der Waals surface area contributed by atoms with E-state index in [1.54, 1.807) is 24.0 Å². The largest absolute Gasteiger partial charge is 0.496 e. The molecule has 2 aliphatic rings. The number of nitrogens with zero attached hydrogens (tertiary/aromatic N) is 3. The summed E-state index contributed by atoms with van der Waals surface area (Å²) in [7, 11) is 1.50. The highest BCUT2D eigenvalue weighted by Gasteiger charge is 2.31. The van der Waals surface area contributed by atoms with Crippen molar-refractivity contribution < 1.29 is 28.6 Å². The van der Waals surface area contributed by atoms with Gasteiger partial charge in [0.2, 0.25) is 0 Å². The number of benzene rings is 2. The number of ether oxygens (including phenoxy) is 1. The van der Waals surface area contributed by atoms with Gasteiger partial charge in [0.05, 0.1) is 18.2 Å². The average molecular weight is 551 g/mol. The zero-order valence-corrected chi connectivity index (χ0v) is 22.9. The number of H-pyrrole nitrogens is 1. The van der Waals surface area contributed by atoms with Crippen LogP contribution in [0.1, 0.15) is 46.0 Å². The summed E-state index contributed by atoms with van der Waals surface area (Å²) in [4.78, 5) is 48.1. The molecule has 2 fully saturated rings. The van der Waals surface area contributed by atoms with Crippen molar-refractivity contribution in [1.29, 1.82) is 0 Å². The van der Waals surface area contributed by atoms with E-state index in [9.17, 15) is 23.9 Å². The summed E-state index contributed by atoms with van der Waals surface area (Å²) in [5.74, 6) is -0.866. The molecule has 40 heavy (non-hydrogen) atoms. The van der Waals surface area contributed by atoms with Crippen molar-refractivity contribution in [3.63, 3.8) is 0 Å². The van der Waals surface area contributed by atoms with E-state index < -0.39 is 17.9 Å². The van der Waals surface area contributed by atoms with E-state index in [0.29, 0.717) is 67.4 Å². The number of aliphatic hydroxyl groups excluding tert-OH is 1. The number of halogens is 1. The maximum Gasteiger partial charge on any atom is 0.295 e. The van der Waals surface area contributed by atoms with E-state index in [-0.39, 0.29) is 17.3 Å². The molecular formula is C30H35FN4O5. The Bertz CT molecular complexity index is 1390. The van der Waals surface area contributed by atoms with Crippen molar-refractivity contribution in [2.45, 2.75) is 32.4 Å². The van der Waals surface area contributed by atoms with Gasteiger partial charge in [0.1, 0.15) is 17.8 Å². The van der Waals surface area contributed by atoms with E-state index in [4.69, 9.17) is 4.74 Å². The number of amides is 2. The standard InChI is InChI=1S/C30H35FN4O5/c1-19(36)33-11-13-35(14-12-33)30(39)28(37)25-18-32-26-17-27(40-2)24(16-23(25)26)29(38)34-9-7-21(8-10-34)15-20-3-5-22(31)6-4-20/h3-6,16-19,21,32,36H,7-15H2,1-2H3. The van der Waals surface area contributed by atoms with Crippen LogP contribution in [-0.2, 0) is 11.2 Å². The third-order valence-corrected chi connectivity index (χ3v) is 8.14. The summed E-state index contributed by atoms with van der Waals surface area (Å²) in [5, 5.41) is 10.3.